The van der Waals surface area contributed by atoms with E-state index >= 15 is 0 Å². The van der Waals surface area contributed by atoms with Crippen molar-refractivity contribution >= 4 is 31.0 Å². The normalized spacial score (nSPS) is 26.9. The van der Waals surface area contributed by atoms with Crippen LogP contribution in [0.2, 0.25) is 0 Å². The number of carbonyl (C=O) groups excluding carboxylic acids is 1. The molecule has 0 spiro atoms. The van der Waals surface area contributed by atoms with E-state index in [4.69, 9.17) is 28.8 Å². The molecule has 0 bridgehead atoms. The fourth-order valence-corrected chi connectivity index (χ4v) is 4.31. The van der Waals surface area contributed by atoms with Crippen LogP contribution in [-0.4, -0.2) is 57.4 Å². The molecule has 0 saturated carbocycles. The van der Waals surface area contributed by atoms with Gasteiger partial charge in [-0.05, 0) is 13.8 Å². The lowest BCUT2D eigenvalue weighted by Crippen LogP contribution is -2.33. The van der Waals surface area contributed by atoms with Gasteiger partial charge in [-0.2, -0.15) is 14.4 Å². The highest BCUT2D eigenvalue weighted by atomic mass is 31.2. The molecule has 2 aromatic heterocycles. The van der Waals surface area contributed by atoms with Gasteiger partial charge >= 0.3 is 20.1 Å². The number of nitrogen functional groups attached to an aromatic ring is 1. The summed E-state index contributed by atoms with van der Waals surface area (Å²) in [6, 6.07) is 0. The average molecular weight is 473 g/mol. The second-order valence-electron chi connectivity index (χ2n) is 6.76. The number of carbonyl (C=O) groups is 1. The minimum atomic E-state index is -3.98. The Labute approximate surface area is 181 Å². The van der Waals surface area contributed by atoms with E-state index in [9.17, 15) is 13.8 Å². The molecule has 2 fully saturated rings. The van der Waals surface area contributed by atoms with Gasteiger partial charge in [0.05, 0.1) is 19.0 Å². The number of anilines is 1. The van der Waals surface area contributed by atoms with Crippen molar-refractivity contribution in [2.75, 3.05) is 19.1 Å². The molecule has 174 valence electrons. The van der Waals surface area contributed by atoms with Gasteiger partial charge in [0.25, 0.3) is 0 Å². The maximum Gasteiger partial charge on any atom is 0.510 e. The zero-order valence-corrected chi connectivity index (χ0v) is 18.0. The molecule has 2 saturated heterocycles. The molecule has 2 aromatic rings. The van der Waals surface area contributed by atoms with Crippen molar-refractivity contribution in [1.29, 1.82) is 0 Å². The predicted octanol–water partition coefficient (Wildman–Crippen LogP) is 2.14. The van der Waals surface area contributed by atoms with E-state index in [1.165, 1.54) is 10.9 Å². The monoisotopic (exact) mass is 473 g/mol. The maximum absolute atomic E-state index is 13.6. The van der Waals surface area contributed by atoms with Gasteiger partial charge in [-0.15, -0.1) is 12.8 Å². The Kier molecular flexibility index (Phi) is 7.27. The predicted molar refractivity (Wildman–Crippen MR) is 105 cm³/mol. The molecular formula is C17H21FN5O8P. The standard InChI is InChI=1S/C15H19FN5O8P.C2H2/c1-7(2)27-15(22)24-6-26-30(23)25-4-9-8(29-30)3-10(28-9)21-5-18-11-12(17)19-14(16)20-13(11)21;1-2/h5,7-10H,3-4,6H2,1-2H3,(H2,17,19,20);1-2H. The van der Waals surface area contributed by atoms with E-state index in [0.29, 0.717) is 0 Å². The SMILES string of the molecule is C#C.CC(C)OC(=O)OCOP1(=O)OCC2OC(n3cnc4c(N)nc(F)nc43)CC2O1. The van der Waals surface area contributed by atoms with E-state index in [-0.39, 0.29) is 36.1 Å². The molecule has 4 heterocycles. The minimum absolute atomic E-state index is 0.0903. The summed E-state index contributed by atoms with van der Waals surface area (Å²) >= 11 is 0. The molecule has 4 atom stereocenters. The fourth-order valence-electron chi connectivity index (χ4n) is 3.05. The molecule has 2 aliphatic heterocycles. The number of imidazole rings is 1. The summed E-state index contributed by atoms with van der Waals surface area (Å²) in [5.74, 6) is -0.0971. The number of phosphoric acid groups is 1. The molecule has 0 radical (unpaired) electrons. The van der Waals surface area contributed by atoms with Crippen LogP contribution in [0.5, 0.6) is 0 Å². The summed E-state index contributed by atoms with van der Waals surface area (Å²) in [5.41, 5.74) is 6.05. The first-order chi connectivity index (χ1) is 15.2. The first-order valence-corrected chi connectivity index (χ1v) is 10.8. The maximum atomic E-state index is 13.6. The van der Waals surface area contributed by atoms with Gasteiger partial charge < -0.3 is 19.9 Å². The lowest BCUT2D eigenvalue weighted by Gasteiger charge is -2.29. The number of phosphoric ester groups is 1. The Morgan fingerprint density at radius 1 is 1.41 bits per heavy atom. The minimum Gasteiger partial charge on any atom is -0.432 e. The van der Waals surface area contributed by atoms with Crippen molar-refractivity contribution in [1.82, 2.24) is 19.5 Å². The average Bonchev–Trinajstić information content (AvgIpc) is 3.32. The van der Waals surface area contributed by atoms with Gasteiger partial charge in [-0.3, -0.25) is 13.6 Å². The number of terminal acetylenes is 1. The smallest absolute Gasteiger partial charge is 0.432 e. The lowest BCUT2D eigenvalue weighted by atomic mass is 10.2. The molecule has 2 aliphatic rings. The third kappa shape index (κ3) is 5.14. The fraction of sp³-hybridized carbons (Fsp3) is 0.529. The molecule has 2 N–H and O–H groups in total. The molecule has 0 amide bonds. The Morgan fingerprint density at radius 3 is 2.88 bits per heavy atom. The van der Waals surface area contributed by atoms with Crippen LogP contribution in [-0.2, 0) is 32.3 Å². The number of ether oxygens (including phenoxy) is 3. The van der Waals surface area contributed by atoms with E-state index in [1.54, 1.807) is 13.8 Å². The Bertz CT molecular complexity index is 1050. The zero-order valence-electron chi connectivity index (χ0n) is 17.1. The molecular weight excluding hydrogens is 452 g/mol. The highest BCUT2D eigenvalue weighted by molar-refractivity contribution is 7.48. The first-order valence-electron chi connectivity index (χ1n) is 9.29. The van der Waals surface area contributed by atoms with Crippen LogP contribution in [0.4, 0.5) is 15.0 Å². The second-order valence-corrected chi connectivity index (χ2v) is 8.38. The van der Waals surface area contributed by atoms with Crippen molar-refractivity contribution in [3.63, 3.8) is 0 Å². The largest absolute Gasteiger partial charge is 0.510 e. The van der Waals surface area contributed by atoms with Gasteiger partial charge in [0.2, 0.25) is 6.79 Å². The summed E-state index contributed by atoms with van der Waals surface area (Å²) in [5, 5.41) is 0. The first kappa shape index (κ1) is 23.8. The van der Waals surface area contributed by atoms with Crippen LogP contribution in [0.25, 0.3) is 11.2 Å². The van der Waals surface area contributed by atoms with Gasteiger partial charge in [0.1, 0.15) is 18.4 Å². The van der Waals surface area contributed by atoms with Crippen molar-refractivity contribution in [3.05, 3.63) is 12.4 Å². The highest BCUT2D eigenvalue weighted by Crippen LogP contribution is 2.56. The number of hydrogen-bond donors (Lipinski definition) is 1. The number of aromatic nitrogens is 4. The summed E-state index contributed by atoms with van der Waals surface area (Å²) in [6.07, 6.45) is 5.41. The van der Waals surface area contributed by atoms with Crippen LogP contribution in [0.1, 0.15) is 26.5 Å². The Hall–Kier alpha value is -2.82. The van der Waals surface area contributed by atoms with Crippen LogP contribution < -0.4 is 5.73 Å². The van der Waals surface area contributed by atoms with Gasteiger partial charge in [0.15, 0.2) is 17.0 Å². The Morgan fingerprint density at radius 2 is 2.16 bits per heavy atom. The number of nitrogens with two attached hydrogens (primary N) is 1. The van der Waals surface area contributed by atoms with E-state index in [2.05, 4.69) is 32.5 Å². The number of rotatable bonds is 5. The van der Waals surface area contributed by atoms with E-state index < -0.39 is 45.3 Å². The number of halogens is 1. The molecule has 13 nitrogen and oxygen atoms in total. The van der Waals surface area contributed by atoms with Crippen molar-refractivity contribution < 1.29 is 41.5 Å². The highest BCUT2D eigenvalue weighted by Gasteiger charge is 2.48. The second kappa shape index (κ2) is 9.76. The summed E-state index contributed by atoms with van der Waals surface area (Å²) in [7, 11) is -3.98. The topological polar surface area (TPSA) is 159 Å². The molecule has 4 rings (SSSR count). The third-order valence-corrected chi connectivity index (χ3v) is 5.71. The Balaban J connectivity index is 0.00000141. The van der Waals surface area contributed by atoms with Gasteiger partial charge in [0, 0.05) is 6.42 Å². The molecule has 4 unspecified atom stereocenters. The van der Waals surface area contributed by atoms with Gasteiger partial charge in [-0.1, -0.05) is 0 Å². The van der Waals surface area contributed by atoms with Crippen molar-refractivity contribution in [2.24, 2.45) is 0 Å². The molecule has 32 heavy (non-hydrogen) atoms. The van der Waals surface area contributed by atoms with E-state index in [1.807, 2.05) is 0 Å². The quantitative estimate of drug-likeness (QED) is 0.222. The number of fused-ring (bicyclic) bond motifs is 2. The molecule has 0 aliphatic carbocycles. The van der Waals surface area contributed by atoms with Crippen LogP contribution in [0.3, 0.4) is 0 Å². The lowest BCUT2D eigenvalue weighted by molar-refractivity contribution is -0.0830. The summed E-state index contributed by atoms with van der Waals surface area (Å²) in [4.78, 5) is 22.6. The summed E-state index contributed by atoms with van der Waals surface area (Å²) < 4.78 is 58.5. The van der Waals surface area contributed by atoms with Crippen LogP contribution in [0, 0.1) is 18.9 Å². The van der Waals surface area contributed by atoms with Crippen LogP contribution in [0.15, 0.2) is 6.33 Å². The third-order valence-electron chi connectivity index (χ3n) is 4.29. The van der Waals surface area contributed by atoms with Crippen molar-refractivity contribution in [3.8, 4) is 12.8 Å². The van der Waals surface area contributed by atoms with Gasteiger partial charge in [-0.25, -0.2) is 18.9 Å². The number of nitrogens with zero attached hydrogens (tertiary/aromatic N) is 4. The zero-order chi connectivity index (χ0) is 23.5. The van der Waals surface area contributed by atoms with Crippen molar-refractivity contribution in [2.45, 2.75) is 44.8 Å². The molecule has 15 heteroatoms. The number of hydrogen-bond acceptors (Lipinski definition) is 12. The van der Waals surface area contributed by atoms with E-state index in [0.717, 1.165) is 0 Å². The van der Waals surface area contributed by atoms with Crippen LogP contribution >= 0.6 is 7.82 Å². The molecule has 0 aromatic carbocycles. The summed E-state index contributed by atoms with van der Waals surface area (Å²) in [6.45, 7) is 2.53.